The van der Waals surface area contributed by atoms with Gasteiger partial charge in [0.2, 0.25) is 5.95 Å². The van der Waals surface area contributed by atoms with Crippen molar-refractivity contribution in [3.8, 4) is 0 Å². The lowest BCUT2D eigenvalue weighted by molar-refractivity contribution is 0.336. The Morgan fingerprint density at radius 2 is 2.21 bits per heavy atom. The van der Waals surface area contributed by atoms with E-state index < -0.39 is 0 Å². The third-order valence-corrected chi connectivity index (χ3v) is 5.39. The first-order chi connectivity index (χ1) is 9.11. The number of hydrogen-bond donors (Lipinski definition) is 1. The quantitative estimate of drug-likeness (QED) is 0.806. The molecule has 0 saturated heterocycles. The van der Waals surface area contributed by atoms with E-state index in [4.69, 9.17) is 5.73 Å². The molecule has 3 atom stereocenters. The first-order valence-corrected chi connectivity index (χ1v) is 8.12. The number of nitrogens with zero attached hydrogens (tertiary/aromatic N) is 2. The van der Waals surface area contributed by atoms with Crippen LogP contribution in [0.25, 0.3) is 11.0 Å². The zero-order valence-corrected chi connectivity index (χ0v) is 13.6. The summed E-state index contributed by atoms with van der Waals surface area (Å²) >= 11 is 2.32. The van der Waals surface area contributed by atoms with Crippen molar-refractivity contribution in [1.29, 1.82) is 0 Å². The Balaban J connectivity index is 2.08. The molecule has 0 spiro atoms. The van der Waals surface area contributed by atoms with Crippen LogP contribution in [0.5, 0.6) is 0 Å². The highest BCUT2D eigenvalue weighted by molar-refractivity contribution is 14.1. The van der Waals surface area contributed by atoms with Crippen LogP contribution in [0.4, 0.5) is 5.95 Å². The zero-order chi connectivity index (χ0) is 13.6. The average molecular weight is 369 g/mol. The number of fused-ring (bicyclic) bond motifs is 1. The first kappa shape index (κ1) is 13.2. The number of rotatable bonds is 2. The van der Waals surface area contributed by atoms with Gasteiger partial charge in [-0.15, -0.1) is 0 Å². The van der Waals surface area contributed by atoms with Crippen molar-refractivity contribution in [2.45, 2.75) is 39.2 Å². The van der Waals surface area contributed by atoms with Gasteiger partial charge in [-0.25, -0.2) is 4.98 Å². The minimum Gasteiger partial charge on any atom is -0.369 e. The molecule has 0 bridgehead atoms. The van der Waals surface area contributed by atoms with Crippen molar-refractivity contribution in [2.75, 3.05) is 5.73 Å². The van der Waals surface area contributed by atoms with Gasteiger partial charge < -0.3 is 10.3 Å². The van der Waals surface area contributed by atoms with Crippen LogP contribution in [0.1, 0.15) is 39.2 Å². The second-order valence-electron chi connectivity index (χ2n) is 5.65. The maximum absolute atomic E-state index is 6.18. The minimum absolute atomic E-state index is 0.509. The molecule has 1 aliphatic carbocycles. The van der Waals surface area contributed by atoms with Crippen LogP contribution in [0, 0.1) is 15.4 Å². The molecule has 1 aliphatic rings. The van der Waals surface area contributed by atoms with E-state index in [-0.39, 0.29) is 0 Å². The van der Waals surface area contributed by atoms with Gasteiger partial charge in [0.05, 0.1) is 11.0 Å². The lowest BCUT2D eigenvalue weighted by Gasteiger charge is -2.22. The van der Waals surface area contributed by atoms with Crippen LogP contribution in [-0.2, 0) is 0 Å². The molecule has 102 valence electrons. The van der Waals surface area contributed by atoms with E-state index in [1.165, 1.54) is 28.3 Å². The van der Waals surface area contributed by atoms with Gasteiger partial charge in [-0.2, -0.15) is 0 Å². The summed E-state index contributed by atoms with van der Waals surface area (Å²) in [6, 6.07) is 6.92. The predicted molar refractivity (Wildman–Crippen MR) is 88.1 cm³/mol. The number of nitrogens with two attached hydrogens (primary N) is 1. The molecular formula is C15H20IN3. The Hall–Kier alpha value is -0.780. The molecule has 1 aromatic carbocycles. The molecule has 0 radical (unpaired) electrons. The summed E-state index contributed by atoms with van der Waals surface area (Å²) in [6.45, 7) is 4.66. The Bertz CT molecular complexity index is 605. The van der Waals surface area contributed by atoms with Gasteiger partial charge in [0, 0.05) is 9.61 Å². The molecule has 0 aliphatic heterocycles. The predicted octanol–water partition coefficient (Wildman–Crippen LogP) is 4.22. The highest BCUT2D eigenvalue weighted by Crippen LogP contribution is 2.44. The molecule has 1 saturated carbocycles. The van der Waals surface area contributed by atoms with Crippen LogP contribution >= 0.6 is 22.6 Å². The Morgan fingerprint density at radius 1 is 1.42 bits per heavy atom. The number of benzene rings is 1. The highest BCUT2D eigenvalue weighted by Gasteiger charge is 2.34. The number of imidazole rings is 1. The minimum atomic E-state index is 0.509. The van der Waals surface area contributed by atoms with E-state index in [0.717, 1.165) is 11.4 Å². The zero-order valence-electron chi connectivity index (χ0n) is 11.4. The number of aromatic nitrogens is 2. The Labute approximate surface area is 127 Å². The molecule has 2 N–H and O–H groups in total. The normalized spacial score (nSPS) is 27.2. The molecule has 0 amide bonds. The lowest BCUT2D eigenvalue weighted by atomic mass is 9.93. The standard InChI is InChI=1S/C15H20IN3/c1-3-10-4-6-13(9(10)2)19-14-7-5-11(16)8-12(14)18-15(19)17/h5,7-10,13H,3-4,6H2,1-2H3,(H2,17,18). The van der Waals surface area contributed by atoms with E-state index in [1.807, 2.05) is 0 Å². The van der Waals surface area contributed by atoms with E-state index in [2.05, 4.69) is 64.2 Å². The fourth-order valence-corrected chi connectivity index (χ4v) is 4.08. The molecule has 1 fully saturated rings. The largest absolute Gasteiger partial charge is 0.369 e. The molecule has 4 heteroatoms. The maximum atomic E-state index is 6.18. The molecule has 2 aromatic rings. The fraction of sp³-hybridized carbons (Fsp3) is 0.533. The fourth-order valence-electron chi connectivity index (χ4n) is 3.60. The first-order valence-electron chi connectivity index (χ1n) is 7.04. The van der Waals surface area contributed by atoms with Crippen molar-refractivity contribution < 1.29 is 0 Å². The number of nitrogen functional groups attached to an aromatic ring is 1. The molecule has 3 nitrogen and oxygen atoms in total. The lowest BCUT2D eigenvalue weighted by Crippen LogP contribution is -2.17. The third-order valence-electron chi connectivity index (χ3n) is 4.72. The highest BCUT2D eigenvalue weighted by atomic mass is 127. The molecule has 3 rings (SSSR count). The summed E-state index contributed by atoms with van der Waals surface area (Å²) < 4.78 is 3.48. The molecule has 1 heterocycles. The second kappa shape index (κ2) is 4.96. The van der Waals surface area contributed by atoms with Crippen LogP contribution in [0.2, 0.25) is 0 Å². The maximum Gasteiger partial charge on any atom is 0.201 e. The van der Waals surface area contributed by atoms with Crippen molar-refractivity contribution in [3.05, 3.63) is 21.8 Å². The summed E-state index contributed by atoms with van der Waals surface area (Å²) in [5.41, 5.74) is 8.39. The number of anilines is 1. The van der Waals surface area contributed by atoms with Crippen LogP contribution < -0.4 is 5.73 Å². The van der Waals surface area contributed by atoms with E-state index >= 15 is 0 Å². The van der Waals surface area contributed by atoms with Crippen molar-refractivity contribution in [2.24, 2.45) is 11.8 Å². The molecule has 1 aromatic heterocycles. The summed E-state index contributed by atoms with van der Waals surface area (Å²) in [6.07, 6.45) is 3.80. The van der Waals surface area contributed by atoms with Gasteiger partial charge in [-0.1, -0.05) is 20.3 Å². The Kier molecular flexibility index (Phi) is 3.45. The second-order valence-corrected chi connectivity index (χ2v) is 6.89. The number of hydrogen-bond acceptors (Lipinski definition) is 2. The number of halogens is 1. The topological polar surface area (TPSA) is 43.8 Å². The van der Waals surface area contributed by atoms with E-state index in [9.17, 15) is 0 Å². The van der Waals surface area contributed by atoms with Crippen molar-refractivity contribution in [1.82, 2.24) is 9.55 Å². The SMILES string of the molecule is CCC1CCC(n2c(N)nc3cc(I)ccc32)C1C. The van der Waals surface area contributed by atoms with Crippen molar-refractivity contribution in [3.63, 3.8) is 0 Å². The van der Waals surface area contributed by atoms with Crippen molar-refractivity contribution >= 4 is 39.6 Å². The van der Waals surface area contributed by atoms with Gasteiger partial charge in [-0.05, 0) is 65.5 Å². The summed E-state index contributed by atoms with van der Waals surface area (Å²) in [5.74, 6) is 2.18. The summed E-state index contributed by atoms with van der Waals surface area (Å²) in [5, 5.41) is 0. The van der Waals surface area contributed by atoms with Gasteiger partial charge in [-0.3, -0.25) is 0 Å². The third kappa shape index (κ3) is 2.14. The molecule has 19 heavy (non-hydrogen) atoms. The smallest absolute Gasteiger partial charge is 0.201 e. The van der Waals surface area contributed by atoms with Crippen LogP contribution in [-0.4, -0.2) is 9.55 Å². The average Bonchev–Trinajstić information content (AvgIpc) is 2.88. The van der Waals surface area contributed by atoms with Gasteiger partial charge in [0.15, 0.2) is 0 Å². The monoisotopic (exact) mass is 369 g/mol. The summed E-state index contributed by atoms with van der Waals surface area (Å²) in [4.78, 5) is 4.54. The summed E-state index contributed by atoms with van der Waals surface area (Å²) in [7, 11) is 0. The Morgan fingerprint density at radius 3 is 2.89 bits per heavy atom. The van der Waals surface area contributed by atoms with Gasteiger partial charge in [0.25, 0.3) is 0 Å². The van der Waals surface area contributed by atoms with Gasteiger partial charge >= 0.3 is 0 Å². The molecule has 3 unspecified atom stereocenters. The van der Waals surface area contributed by atoms with Crippen LogP contribution in [0.3, 0.4) is 0 Å². The van der Waals surface area contributed by atoms with Gasteiger partial charge in [0.1, 0.15) is 0 Å². The molecular weight excluding hydrogens is 349 g/mol. The van der Waals surface area contributed by atoms with E-state index in [0.29, 0.717) is 17.9 Å². The van der Waals surface area contributed by atoms with E-state index in [1.54, 1.807) is 0 Å². The van der Waals surface area contributed by atoms with Crippen LogP contribution in [0.15, 0.2) is 18.2 Å².